The average Bonchev–Trinajstić information content (AvgIpc) is 3.64. The molecule has 3 N–H and O–H groups in total. The lowest BCUT2D eigenvalue weighted by atomic mass is 10.0. The Balaban J connectivity index is 1.34. The lowest BCUT2D eigenvalue weighted by Gasteiger charge is -2.38. The van der Waals surface area contributed by atoms with Gasteiger partial charge in [0.15, 0.2) is 0 Å². The second-order valence-corrected chi connectivity index (χ2v) is 9.60. The molecule has 1 amide bonds. The summed E-state index contributed by atoms with van der Waals surface area (Å²) in [5.41, 5.74) is 12.4. The van der Waals surface area contributed by atoms with Crippen LogP contribution in [-0.4, -0.2) is 63.2 Å². The first-order chi connectivity index (χ1) is 19.1. The topological polar surface area (TPSA) is 152 Å². The first-order valence-electron chi connectivity index (χ1n) is 12.7. The average molecular weight is 526 g/mol. The zero-order valence-electron chi connectivity index (χ0n) is 21.4. The molecule has 0 radical (unpaired) electrons. The molecule has 0 saturated carbocycles. The van der Waals surface area contributed by atoms with Gasteiger partial charge in [-0.2, -0.15) is 5.26 Å². The highest BCUT2D eigenvalue weighted by Gasteiger charge is 2.35. The highest BCUT2D eigenvalue weighted by Crippen LogP contribution is 2.32. The van der Waals surface area contributed by atoms with Crippen LogP contribution in [-0.2, 0) is 34.0 Å². The zero-order valence-corrected chi connectivity index (χ0v) is 21.4. The highest BCUT2D eigenvalue weighted by molar-refractivity contribution is 5.98. The number of nitrogens with zero attached hydrogens (tertiary/aromatic N) is 5. The number of nitrogens with two attached hydrogens (primary N) is 1. The van der Waals surface area contributed by atoms with Crippen LogP contribution in [0.25, 0.3) is 22.2 Å². The molecule has 2 aliphatic heterocycles. The molecule has 0 unspecified atom stereocenters. The summed E-state index contributed by atoms with van der Waals surface area (Å²) in [5.74, 6) is 0.201. The first-order valence-corrected chi connectivity index (χ1v) is 12.7. The van der Waals surface area contributed by atoms with Crippen molar-refractivity contribution >= 4 is 22.8 Å². The van der Waals surface area contributed by atoms with E-state index in [2.05, 4.69) is 26.0 Å². The second-order valence-electron chi connectivity index (χ2n) is 9.60. The normalized spacial score (nSPS) is 18.6. The van der Waals surface area contributed by atoms with Crippen molar-refractivity contribution in [2.24, 2.45) is 0 Å². The number of carbonyl (C=O) groups is 1. The predicted octanol–water partition coefficient (Wildman–Crippen LogP) is 2.95. The Hall–Kier alpha value is -4.37. The van der Waals surface area contributed by atoms with Crippen LogP contribution in [0.5, 0.6) is 0 Å². The number of anilines is 1. The number of methoxy groups -OCH3 is 1. The molecule has 4 aromatic heterocycles. The summed E-state index contributed by atoms with van der Waals surface area (Å²) in [6.07, 6.45) is 5.36. The number of H-pyrrole nitrogens is 1. The van der Waals surface area contributed by atoms with Gasteiger partial charge < -0.3 is 29.8 Å². The number of aromatic nitrogens is 4. The molecular weight excluding hydrogens is 498 g/mol. The van der Waals surface area contributed by atoms with Crippen LogP contribution in [0.3, 0.4) is 0 Å². The molecule has 11 nitrogen and oxygen atoms in total. The maximum absolute atomic E-state index is 14.1. The third kappa shape index (κ3) is 4.59. The van der Waals surface area contributed by atoms with Gasteiger partial charge in [0.25, 0.3) is 5.91 Å². The fourth-order valence-electron chi connectivity index (χ4n) is 5.31. The molecule has 0 aromatic carbocycles. The van der Waals surface area contributed by atoms with Gasteiger partial charge in [-0.15, -0.1) is 0 Å². The van der Waals surface area contributed by atoms with Crippen molar-refractivity contribution in [1.29, 1.82) is 5.26 Å². The maximum Gasteiger partial charge on any atom is 0.271 e. The monoisotopic (exact) mass is 525 g/mol. The fraction of sp³-hybridized carbons (Fsp3) is 0.321. The fourth-order valence-corrected chi connectivity index (χ4v) is 5.31. The van der Waals surface area contributed by atoms with E-state index in [1.54, 1.807) is 36.5 Å². The number of ether oxygens (including phenoxy) is 3. The lowest BCUT2D eigenvalue weighted by Crippen LogP contribution is -2.52. The molecule has 2 aliphatic rings. The lowest BCUT2D eigenvalue weighted by molar-refractivity contribution is -0.0716. The Morgan fingerprint density at radius 3 is 2.92 bits per heavy atom. The van der Waals surface area contributed by atoms with Crippen LogP contribution in [0, 0.1) is 11.3 Å². The van der Waals surface area contributed by atoms with Crippen molar-refractivity contribution in [3.63, 3.8) is 0 Å². The molecule has 0 spiro atoms. The van der Waals surface area contributed by atoms with Gasteiger partial charge in [0.1, 0.15) is 17.6 Å². The number of carbonyl (C=O) groups excluding carboxylic acids is 1. The number of hydrogen-bond acceptors (Lipinski definition) is 9. The largest absolute Gasteiger partial charge is 0.383 e. The summed E-state index contributed by atoms with van der Waals surface area (Å²) >= 11 is 0. The Morgan fingerprint density at radius 2 is 2.13 bits per heavy atom. The van der Waals surface area contributed by atoms with E-state index < -0.39 is 0 Å². The minimum absolute atomic E-state index is 0.187. The van der Waals surface area contributed by atoms with Gasteiger partial charge in [-0.25, -0.2) is 4.98 Å². The van der Waals surface area contributed by atoms with E-state index in [-0.39, 0.29) is 24.6 Å². The number of pyridine rings is 3. The number of aromatic amines is 1. The summed E-state index contributed by atoms with van der Waals surface area (Å²) in [7, 11) is 1.65. The molecule has 39 heavy (non-hydrogen) atoms. The molecule has 6 heterocycles. The summed E-state index contributed by atoms with van der Waals surface area (Å²) < 4.78 is 17.1. The number of nitrogen functional groups attached to an aromatic ring is 1. The minimum Gasteiger partial charge on any atom is -0.383 e. The van der Waals surface area contributed by atoms with Crippen molar-refractivity contribution in [2.45, 2.75) is 38.3 Å². The summed E-state index contributed by atoms with van der Waals surface area (Å²) in [6, 6.07) is 9.12. The van der Waals surface area contributed by atoms with E-state index in [1.807, 2.05) is 12.1 Å². The molecule has 0 bridgehead atoms. The number of amides is 1. The van der Waals surface area contributed by atoms with E-state index in [1.165, 1.54) is 6.20 Å². The molecule has 11 heteroatoms. The van der Waals surface area contributed by atoms with Crippen LogP contribution < -0.4 is 5.73 Å². The Labute approximate surface area is 224 Å². The van der Waals surface area contributed by atoms with Crippen molar-refractivity contribution < 1.29 is 19.0 Å². The number of fused-ring (bicyclic) bond motifs is 3. The summed E-state index contributed by atoms with van der Waals surface area (Å²) in [4.78, 5) is 32.2. The smallest absolute Gasteiger partial charge is 0.271 e. The molecule has 0 aliphatic carbocycles. The van der Waals surface area contributed by atoms with E-state index in [4.69, 9.17) is 19.9 Å². The second kappa shape index (κ2) is 10.4. The Kier molecular flexibility index (Phi) is 6.66. The van der Waals surface area contributed by atoms with Crippen LogP contribution in [0.4, 0.5) is 5.82 Å². The molecule has 6 rings (SSSR count). The quantitative estimate of drug-likeness (QED) is 0.387. The number of nitriles is 1. The van der Waals surface area contributed by atoms with Crippen molar-refractivity contribution in [1.82, 2.24) is 24.8 Å². The van der Waals surface area contributed by atoms with Gasteiger partial charge in [0.05, 0.1) is 60.8 Å². The van der Waals surface area contributed by atoms with Crippen LogP contribution in [0.1, 0.15) is 39.3 Å². The molecule has 1 fully saturated rings. The molecule has 1 saturated heterocycles. The number of rotatable bonds is 6. The number of hydrogen-bond donors (Lipinski definition) is 2. The van der Waals surface area contributed by atoms with Gasteiger partial charge in [-0.1, -0.05) is 6.07 Å². The van der Waals surface area contributed by atoms with E-state index >= 15 is 0 Å². The van der Waals surface area contributed by atoms with E-state index in [0.717, 1.165) is 27.8 Å². The predicted molar refractivity (Wildman–Crippen MR) is 141 cm³/mol. The van der Waals surface area contributed by atoms with Crippen molar-refractivity contribution in [3.05, 3.63) is 70.9 Å². The van der Waals surface area contributed by atoms with Gasteiger partial charge in [-0.3, -0.25) is 14.8 Å². The van der Waals surface area contributed by atoms with E-state index in [0.29, 0.717) is 61.1 Å². The third-order valence-electron chi connectivity index (χ3n) is 7.37. The zero-order chi connectivity index (χ0) is 26.9. The Morgan fingerprint density at radius 1 is 1.26 bits per heavy atom. The molecule has 198 valence electrons. The van der Waals surface area contributed by atoms with Gasteiger partial charge in [0, 0.05) is 54.6 Å². The molecule has 2 atom stereocenters. The first kappa shape index (κ1) is 24.9. The standard InChI is InChI=1S/C28H27N7O4/c1-37-25-5-7-38-15-24(25)35(12-18-3-2-16(11-32-18)19-4-6-31-10-17(19)9-29)28(36)23-8-22-26(33-23)20-13-39-14-21(20)27(30)34-22/h2-4,6,8,10-11,24-25,33H,5,7,12-15H2,1H3,(H2,30,34)/t24-,25-/m1/s1. The van der Waals surface area contributed by atoms with Crippen molar-refractivity contribution in [3.8, 4) is 17.2 Å². The summed E-state index contributed by atoms with van der Waals surface area (Å²) in [5, 5.41) is 9.43. The SMILES string of the molecule is CO[C@@H]1CCOC[C@H]1N(Cc1ccc(-c2ccncc2C#N)cn1)C(=O)c1cc2nc(N)c3c(c2[nH]1)COC3. The van der Waals surface area contributed by atoms with Gasteiger partial charge >= 0.3 is 0 Å². The van der Waals surface area contributed by atoms with Crippen LogP contribution in [0.15, 0.2) is 42.9 Å². The molecular formula is C28H27N7O4. The molecule has 4 aromatic rings. The summed E-state index contributed by atoms with van der Waals surface area (Å²) in [6.45, 7) is 1.98. The maximum atomic E-state index is 14.1. The van der Waals surface area contributed by atoms with Gasteiger partial charge in [0.2, 0.25) is 0 Å². The van der Waals surface area contributed by atoms with Crippen LogP contribution in [0.2, 0.25) is 0 Å². The van der Waals surface area contributed by atoms with E-state index in [9.17, 15) is 10.1 Å². The van der Waals surface area contributed by atoms with Gasteiger partial charge in [-0.05, 0) is 24.6 Å². The third-order valence-corrected chi connectivity index (χ3v) is 7.37. The minimum atomic E-state index is -0.318. The Bertz CT molecular complexity index is 1580. The van der Waals surface area contributed by atoms with Crippen molar-refractivity contribution in [2.75, 3.05) is 26.1 Å². The van der Waals surface area contributed by atoms with Crippen LogP contribution >= 0.6 is 0 Å². The number of nitrogens with one attached hydrogen (secondary N) is 1. The highest BCUT2D eigenvalue weighted by atomic mass is 16.5.